The van der Waals surface area contributed by atoms with Crippen molar-refractivity contribution in [2.75, 3.05) is 21.0 Å². The maximum absolute atomic E-state index is 14.3. The van der Waals surface area contributed by atoms with Crippen LogP contribution in [0.15, 0.2) is 51.3 Å². The fraction of sp³-hybridized carbons (Fsp3) is 0.364. The molecule has 2 aliphatic heterocycles. The highest BCUT2D eigenvalue weighted by molar-refractivity contribution is 6.35. The molecule has 48 heavy (non-hydrogen) atoms. The van der Waals surface area contributed by atoms with Crippen LogP contribution in [0.4, 0.5) is 0 Å². The minimum atomic E-state index is -2.07. The highest BCUT2D eigenvalue weighted by atomic mass is 35.5. The molecule has 3 unspecified atom stereocenters. The Hall–Kier alpha value is -5.24. The second-order valence-electron chi connectivity index (χ2n) is 11.8. The lowest BCUT2D eigenvalue weighted by Gasteiger charge is -2.38. The van der Waals surface area contributed by atoms with E-state index in [-0.39, 0.29) is 65.3 Å². The molecule has 3 atom stereocenters. The van der Waals surface area contributed by atoms with Crippen molar-refractivity contribution < 1.29 is 43.2 Å². The van der Waals surface area contributed by atoms with Gasteiger partial charge in [-0.15, -0.1) is 0 Å². The highest BCUT2D eigenvalue weighted by Gasteiger charge is 2.61. The number of carbonyl (C=O) groups excluding carboxylic acids is 3. The third-order valence-corrected chi connectivity index (χ3v) is 9.50. The monoisotopic (exact) mass is 681 g/mol. The van der Waals surface area contributed by atoms with Gasteiger partial charge in [0.1, 0.15) is 22.1 Å². The summed E-state index contributed by atoms with van der Waals surface area (Å²) >= 11 is 6.57. The molecule has 15 heteroatoms. The van der Waals surface area contributed by atoms with Crippen molar-refractivity contribution in [3.8, 4) is 28.7 Å². The normalized spacial score (nSPS) is 20.1. The van der Waals surface area contributed by atoms with E-state index in [4.69, 9.17) is 35.3 Å². The Morgan fingerprint density at radius 1 is 1.06 bits per heavy atom. The van der Waals surface area contributed by atoms with Crippen LogP contribution in [0.2, 0.25) is 5.02 Å². The zero-order valence-corrected chi connectivity index (χ0v) is 27.4. The first-order valence-corrected chi connectivity index (χ1v) is 15.3. The van der Waals surface area contributed by atoms with Gasteiger partial charge in [0.05, 0.1) is 20.8 Å². The Morgan fingerprint density at radius 2 is 1.77 bits per heavy atom. The number of rotatable bonds is 8. The number of benzene rings is 2. The van der Waals surface area contributed by atoms with Gasteiger partial charge in [0.2, 0.25) is 24.1 Å². The number of hydrogen-bond donors (Lipinski definition) is 2. The summed E-state index contributed by atoms with van der Waals surface area (Å²) in [6.45, 7) is 1.40. The predicted molar refractivity (Wildman–Crippen MR) is 169 cm³/mol. The molecule has 252 valence electrons. The van der Waals surface area contributed by atoms with Gasteiger partial charge in [-0.25, -0.2) is 4.79 Å². The zero-order chi connectivity index (χ0) is 34.7. The summed E-state index contributed by atoms with van der Waals surface area (Å²) < 4.78 is 30.2. The van der Waals surface area contributed by atoms with E-state index in [1.807, 2.05) is 0 Å². The first-order chi connectivity index (χ1) is 22.8. The van der Waals surface area contributed by atoms with Crippen LogP contribution in [0, 0.1) is 5.92 Å². The molecule has 0 saturated heterocycles. The molecule has 3 aromatic rings. The number of ether oxygens (including phenoxy) is 5. The molecule has 1 aliphatic carbocycles. The van der Waals surface area contributed by atoms with Gasteiger partial charge in [-0.05, 0) is 17.7 Å². The van der Waals surface area contributed by atoms with Gasteiger partial charge in [-0.2, -0.15) is 0 Å². The number of allylic oxidation sites excluding steroid dienone is 1. The van der Waals surface area contributed by atoms with Gasteiger partial charge in [0, 0.05) is 62.2 Å². The van der Waals surface area contributed by atoms with E-state index in [0.717, 1.165) is 4.57 Å². The fourth-order valence-electron chi connectivity index (χ4n) is 6.45. The maximum Gasteiger partial charge on any atom is 0.330 e. The molecule has 0 fully saturated rings. The number of hydrogen-bond acceptors (Lipinski definition) is 11. The highest BCUT2D eigenvalue weighted by Crippen LogP contribution is 2.56. The first-order valence-electron chi connectivity index (χ1n) is 14.9. The number of aromatic nitrogens is 2. The molecular formula is C33H32ClN3O11. The van der Waals surface area contributed by atoms with Crippen molar-refractivity contribution in [2.45, 2.75) is 37.8 Å². The Morgan fingerprint density at radius 3 is 2.48 bits per heavy atom. The van der Waals surface area contributed by atoms with E-state index in [2.05, 4.69) is 5.32 Å². The molecule has 1 amide bonds. The number of nitrogens with zero attached hydrogens (tertiary/aromatic N) is 2. The SMILES string of the molecule is COc1cc(OC)c2c(c1Cl)OC1(C2=O)C(O)=C(C(CC(=O)NCc2cc(=O)n(C)c(=O)n2C)c2ccc3c(c2)OCO3)C(=O)CC1C. The number of aliphatic hydroxyl groups excluding tert-OH is 1. The fourth-order valence-corrected chi connectivity index (χ4v) is 6.71. The molecule has 2 N–H and O–H groups in total. The van der Waals surface area contributed by atoms with Crippen LogP contribution in [0.25, 0.3) is 0 Å². The second kappa shape index (κ2) is 12.1. The molecule has 1 spiro atoms. The van der Waals surface area contributed by atoms with Crippen molar-refractivity contribution in [1.29, 1.82) is 0 Å². The minimum Gasteiger partial charge on any atom is -0.507 e. The average Bonchev–Trinajstić information content (AvgIpc) is 3.67. The largest absolute Gasteiger partial charge is 0.507 e. The van der Waals surface area contributed by atoms with Gasteiger partial charge >= 0.3 is 5.69 Å². The molecule has 2 aromatic carbocycles. The molecule has 1 aromatic heterocycles. The molecule has 0 saturated carbocycles. The number of carbonyl (C=O) groups is 3. The summed E-state index contributed by atoms with van der Waals surface area (Å²) in [5, 5.41) is 14.8. The Labute approximate surface area is 278 Å². The van der Waals surface area contributed by atoms with Crippen molar-refractivity contribution in [1.82, 2.24) is 14.5 Å². The van der Waals surface area contributed by atoms with Crippen LogP contribution in [0.3, 0.4) is 0 Å². The van der Waals surface area contributed by atoms with Crippen LogP contribution in [-0.4, -0.2) is 58.3 Å². The topological polar surface area (TPSA) is 174 Å². The lowest BCUT2D eigenvalue weighted by Crippen LogP contribution is -2.53. The molecule has 3 aliphatic rings. The number of Topliss-reactive ketones (excluding diaryl/α,β-unsaturated/α-hetero) is 2. The van der Waals surface area contributed by atoms with Crippen molar-refractivity contribution >= 4 is 29.1 Å². The number of methoxy groups -OCH3 is 2. The third kappa shape index (κ3) is 4.98. The van der Waals surface area contributed by atoms with E-state index in [9.17, 15) is 29.1 Å². The Kier molecular flexibility index (Phi) is 8.23. The summed E-state index contributed by atoms with van der Waals surface area (Å²) in [6.07, 6.45) is -0.596. The predicted octanol–water partition coefficient (Wildman–Crippen LogP) is 2.71. The van der Waals surface area contributed by atoms with E-state index in [0.29, 0.717) is 17.1 Å². The van der Waals surface area contributed by atoms with Crippen LogP contribution in [-0.2, 0) is 30.2 Å². The zero-order valence-electron chi connectivity index (χ0n) is 26.7. The quantitative estimate of drug-likeness (QED) is 0.358. The summed E-state index contributed by atoms with van der Waals surface area (Å²) in [7, 11) is 5.55. The lowest BCUT2D eigenvalue weighted by molar-refractivity contribution is -0.122. The summed E-state index contributed by atoms with van der Waals surface area (Å²) in [4.78, 5) is 66.4. The number of amides is 1. The van der Waals surface area contributed by atoms with Crippen LogP contribution in [0.1, 0.15) is 47.3 Å². The summed E-state index contributed by atoms with van der Waals surface area (Å²) in [6, 6.07) is 7.51. The standard InChI is InChI=1S/C33H32ClN3O11/c1-15-8-19(38)26(30(41)33(15)31(42)27-22(44-4)12-23(45-5)28(34)29(27)48-33)18(16-6-7-20-21(9-16)47-14-46-20)11-24(39)35-13-17-10-25(40)37(3)32(43)36(17)2/h6-7,9-10,12,15,18,41H,8,11,13-14H2,1-5H3,(H,35,39). The first kappa shape index (κ1) is 32.7. The molecule has 3 heterocycles. The van der Waals surface area contributed by atoms with Gasteiger partial charge < -0.3 is 34.1 Å². The second-order valence-corrected chi connectivity index (χ2v) is 12.2. The maximum atomic E-state index is 14.3. The minimum absolute atomic E-state index is 0.0196. The van der Waals surface area contributed by atoms with Gasteiger partial charge in [0.15, 0.2) is 28.8 Å². The Balaban J connectivity index is 1.44. The smallest absolute Gasteiger partial charge is 0.330 e. The van der Waals surface area contributed by atoms with Gasteiger partial charge in [0.25, 0.3) is 5.56 Å². The number of nitrogens with one attached hydrogen (secondary N) is 1. The van der Waals surface area contributed by atoms with Crippen LogP contribution < -0.4 is 40.3 Å². The number of ketones is 2. The average molecular weight is 682 g/mol. The Bertz CT molecular complexity index is 2050. The van der Waals surface area contributed by atoms with Crippen molar-refractivity contribution in [2.24, 2.45) is 20.0 Å². The van der Waals surface area contributed by atoms with E-state index < -0.39 is 51.9 Å². The third-order valence-electron chi connectivity index (χ3n) is 9.14. The lowest BCUT2D eigenvalue weighted by atomic mass is 9.69. The number of aliphatic hydroxyl groups is 1. The van der Waals surface area contributed by atoms with Crippen LogP contribution in [0.5, 0.6) is 28.7 Å². The molecule has 0 bridgehead atoms. The molecule has 0 radical (unpaired) electrons. The van der Waals surface area contributed by atoms with E-state index in [1.54, 1.807) is 25.1 Å². The van der Waals surface area contributed by atoms with Gasteiger partial charge in [-0.3, -0.25) is 28.3 Å². The van der Waals surface area contributed by atoms with E-state index in [1.165, 1.54) is 45.0 Å². The van der Waals surface area contributed by atoms with Crippen LogP contribution >= 0.6 is 11.6 Å². The molecular weight excluding hydrogens is 650 g/mol. The molecule has 14 nitrogen and oxygen atoms in total. The van der Waals surface area contributed by atoms with Gasteiger partial charge in [-0.1, -0.05) is 24.6 Å². The van der Waals surface area contributed by atoms with E-state index >= 15 is 0 Å². The molecule has 6 rings (SSSR count). The summed E-state index contributed by atoms with van der Waals surface area (Å²) in [5.74, 6) is -3.35. The van der Waals surface area contributed by atoms with Crippen molar-refractivity contribution in [3.63, 3.8) is 0 Å². The number of halogens is 1. The number of fused-ring (bicyclic) bond motifs is 2. The summed E-state index contributed by atoms with van der Waals surface area (Å²) in [5.41, 5.74) is -2.73. The van der Waals surface area contributed by atoms with Crippen molar-refractivity contribution in [3.05, 3.63) is 84.3 Å².